The molecule has 0 radical (unpaired) electrons. The molecule has 0 unspecified atom stereocenters. The Morgan fingerprint density at radius 1 is 0.677 bits per heavy atom. The molecule has 30 heteroatoms. The van der Waals surface area contributed by atoms with Gasteiger partial charge in [0, 0.05) is 50.7 Å². The van der Waals surface area contributed by atoms with Crippen LogP contribution >= 0.6 is 0 Å². The third-order valence-electron chi connectivity index (χ3n) is 16.5. The minimum absolute atomic E-state index is 0.000167. The number of phenols is 1. The number of carboxylic acids is 2. The molecule has 96 heavy (non-hydrogen) atoms. The summed E-state index contributed by atoms with van der Waals surface area (Å²) in [6.07, 6.45) is 7.12. The SMILES string of the molecule is CC(C)[C@H](NC(=O)[C@H](CCCNC(=N)N)NC(=O)[C@@H](N)CC(N)=O)C(=O)N[C@@H](Cc1ccc(O)cc1)C(=O)N[C@H](C(=O)N[C@@H](Cc1cnc[nH]1)C(=O)N1CCC[C@H]1C(=O)N[C@@H](Cc1ccccc1)C(=O)O)C(C)C.NC[C@H]1CC[C@H](C(=O)Oc2ccc(CCC(=O)O)cc2)CC1. The van der Waals surface area contributed by atoms with Gasteiger partial charge >= 0.3 is 17.9 Å². The number of aliphatic carboxylic acids is 2. The molecule has 0 bridgehead atoms. The van der Waals surface area contributed by atoms with Gasteiger partial charge in [-0.3, -0.25) is 53.4 Å². The van der Waals surface area contributed by atoms with Crippen LogP contribution in [-0.2, 0) is 78.4 Å². The number of nitrogens with one attached hydrogen (secondary N) is 9. The van der Waals surface area contributed by atoms with Crippen LogP contribution in [0.3, 0.4) is 0 Å². The Balaban J connectivity index is 0.000000635. The fourth-order valence-corrected chi connectivity index (χ4v) is 11.0. The van der Waals surface area contributed by atoms with Gasteiger partial charge in [-0.05, 0) is 123 Å². The molecule has 2 fully saturated rings. The highest BCUT2D eigenvalue weighted by atomic mass is 16.5. The molecule has 522 valence electrons. The maximum atomic E-state index is 14.5. The first kappa shape index (κ1) is 76.7. The minimum atomic E-state index is -1.41. The predicted molar refractivity (Wildman–Crippen MR) is 351 cm³/mol. The second-order valence-electron chi connectivity index (χ2n) is 24.7. The molecule has 8 amide bonds. The van der Waals surface area contributed by atoms with Gasteiger partial charge in [0.25, 0.3) is 0 Å². The first-order valence-corrected chi connectivity index (χ1v) is 32.1. The number of ether oxygens (including phenoxy) is 1. The van der Waals surface area contributed by atoms with Gasteiger partial charge in [-0.2, -0.15) is 0 Å². The van der Waals surface area contributed by atoms with Crippen molar-refractivity contribution in [3.63, 3.8) is 0 Å². The standard InChI is InChI=1S/C49H70N14O11.C17H23NO4/c1-26(2)39(61-42(67)33(12-8-18-55-49(52)53)57-41(66)32(50)23-38(51)65)45(70)58-34(20-29-14-16-31(64)17-15-29)43(68)62-40(27(3)4)46(71)59-35(22-30-24-54-25-56-30)47(72)63-19-9-13-37(63)44(69)60-36(48(73)74)21-28-10-6-5-7-11-28;18-11-13-1-6-14(7-2-13)17(21)22-15-8-3-12(4-9-15)5-10-16(19)20/h5-7,10-11,14-17,24-27,32-37,39-40,64H,8-9,12-13,18-23,50H2,1-4H3,(H2,51,65)(H,54,56)(H,57,66)(H,58,70)(H,59,71)(H,60,69)(H,61,67)(H,62,68)(H,73,74)(H4,52,53,55);3-4,8-9,13-14H,1-2,5-7,10-11,18H2,(H,19,20)/t32-,33-,34-,35-,36-,37-,39-,40-;13-,14-/m0./s1. The smallest absolute Gasteiger partial charge is 0.326 e. The number of aromatic nitrogens is 2. The van der Waals surface area contributed by atoms with Crippen molar-refractivity contribution in [2.75, 3.05) is 19.6 Å². The van der Waals surface area contributed by atoms with E-state index in [0.29, 0.717) is 47.9 Å². The van der Waals surface area contributed by atoms with Crippen LogP contribution in [0.25, 0.3) is 0 Å². The number of imidazole rings is 1. The Labute approximate surface area is 556 Å². The number of aryl methyl sites for hydroxylation is 1. The summed E-state index contributed by atoms with van der Waals surface area (Å²) < 4.78 is 5.42. The normalized spacial score (nSPS) is 17.2. The molecule has 2 aliphatic rings. The van der Waals surface area contributed by atoms with E-state index in [1.165, 1.54) is 41.7 Å². The summed E-state index contributed by atoms with van der Waals surface area (Å²) in [5.41, 5.74) is 24.6. The van der Waals surface area contributed by atoms with E-state index in [-0.39, 0.29) is 81.6 Å². The summed E-state index contributed by atoms with van der Waals surface area (Å²) in [5.74, 6) is -9.15. The molecule has 1 saturated carbocycles. The van der Waals surface area contributed by atoms with Gasteiger partial charge in [0.15, 0.2) is 5.96 Å². The number of benzene rings is 3. The lowest BCUT2D eigenvalue weighted by atomic mass is 9.82. The molecule has 8 atom stereocenters. The Bertz CT molecular complexity index is 3260. The Kier molecular flexibility index (Phi) is 30.7. The molecule has 30 nitrogen and oxygen atoms in total. The van der Waals surface area contributed by atoms with E-state index < -0.39 is 126 Å². The van der Waals surface area contributed by atoms with E-state index in [1.807, 2.05) is 0 Å². The lowest BCUT2D eigenvalue weighted by molar-refractivity contribution is -0.145. The number of aromatic amines is 1. The number of hydrogen-bond acceptors (Lipinski definition) is 17. The van der Waals surface area contributed by atoms with Crippen molar-refractivity contribution in [2.45, 2.75) is 166 Å². The molecule has 6 rings (SSSR count). The summed E-state index contributed by atoms with van der Waals surface area (Å²) >= 11 is 0. The lowest BCUT2D eigenvalue weighted by Gasteiger charge is -2.31. The number of guanidine groups is 1. The topological polar surface area (TPSA) is 502 Å². The molecule has 1 aromatic heterocycles. The molecule has 4 aromatic rings. The number of esters is 1. The minimum Gasteiger partial charge on any atom is -0.508 e. The van der Waals surface area contributed by atoms with E-state index in [9.17, 15) is 63.0 Å². The van der Waals surface area contributed by atoms with Gasteiger partial charge in [-0.15, -0.1) is 0 Å². The monoisotopic (exact) mass is 1340 g/mol. The van der Waals surface area contributed by atoms with Crippen molar-refractivity contribution >= 4 is 71.1 Å². The number of rotatable bonds is 34. The van der Waals surface area contributed by atoms with E-state index in [0.717, 1.165) is 31.2 Å². The summed E-state index contributed by atoms with van der Waals surface area (Å²) in [6.45, 7) is 7.52. The summed E-state index contributed by atoms with van der Waals surface area (Å²) in [6, 6.07) is 11.2. The van der Waals surface area contributed by atoms with Crippen molar-refractivity contribution in [1.29, 1.82) is 5.41 Å². The number of phenolic OH excluding ortho intramolecular Hbond substituents is 1. The van der Waals surface area contributed by atoms with Crippen LogP contribution in [0.4, 0.5) is 0 Å². The van der Waals surface area contributed by atoms with Crippen LogP contribution in [0.15, 0.2) is 91.4 Å². The number of primary amides is 1. The molecule has 1 saturated heterocycles. The maximum Gasteiger partial charge on any atom is 0.326 e. The van der Waals surface area contributed by atoms with Crippen molar-refractivity contribution in [2.24, 2.45) is 46.6 Å². The van der Waals surface area contributed by atoms with E-state index in [4.69, 9.17) is 38.2 Å². The second kappa shape index (κ2) is 38.4. The molecular formula is C66H93N15O15. The number of likely N-dealkylation sites (tertiary alicyclic amines) is 1. The van der Waals surface area contributed by atoms with Crippen LogP contribution in [-0.4, -0.2) is 169 Å². The van der Waals surface area contributed by atoms with Gasteiger partial charge in [-0.25, -0.2) is 9.78 Å². The van der Waals surface area contributed by atoms with Crippen molar-refractivity contribution in [3.8, 4) is 11.5 Å². The third-order valence-corrected chi connectivity index (χ3v) is 16.5. The number of carboxylic acid groups (broad SMARTS) is 2. The second-order valence-corrected chi connectivity index (χ2v) is 24.7. The Morgan fingerprint density at radius 3 is 1.80 bits per heavy atom. The predicted octanol–water partition coefficient (Wildman–Crippen LogP) is 0.280. The largest absolute Gasteiger partial charge is 0.508 e. The van der Waals surface area contributed by atoms with Crippen molar-refractivity contribution in [1.82, 2.24) is 52.1 Å². The zero-order valence-electron chi connectivity index (χ0n) is 54.6. The average molecular weight is 1340 g/mol. The Morgan fingerprint density at radius 2 is 1.25 bits per heavy atom. The first-order valence-electron chi connectivity index (χ1n) is 32.1. The highest BCUT2D eigenvalue weighted by Gasteiger charge is 2.41. The first-order chi connectivity index (χ1) is 45.6. The molecule has 3 aromatic carbocycles. The fourth-order valence-electron chi connectivity index (χ4n) is 11.0. The number of carbonyl (C=O) groups is 11. The van der Waals surface area contributed by atoms with Crippen LogP contribution in [0.5, 0.6) is 11.5 Å². The summed E-state index contributed by atoms with van der Waals surface area (Å²) in [7, 11) is 0. The van der Waals surface area contributed by atoms with Crippen molar-refractivity contribution < 1.29 is 72.8 Å². The van der Waals surface area contributed by atoms with Gasteiger partial charge in [0.1, 0.15) is 53.8 Å². The summed E-state index contributed by atoms with van der Waals surface area (Å²) in [5, 5.41) is 54.5. The maximum absolute atomic E-state index is 14.5. The molecular weight excluding hydrogens is 1240 g/mol. The zero-order chi connectivity index (χ0) is 70.6. The van der Waals surface area contributed by atoms with Crippen LogP contribution in [0.1, 0.15) is 114 Å². The highest BCUT2D eigenvalue weighted by molar-refractivity contribution is 5.98. The van der Waals surface area contributed by atoms with Crippen molar-refractivity contribution in [3.05, 3.63) is 114 Å². The number of H-pyrrole nitrogens is 1. The molecule has 20 N–H and O–H groups in total. The average Bonchev–Trinajstić information content (AvgIpc) is 1.60. The number of carbonyl (C=O) groups excluding carboxylic acids is 9. The molecule has 0 spiro atoms. The van der Waals surface area contributed by atoms with E-state index >= 15 is 0 Å². The van der Waals surface area contributed by atoms with Gasteiger partial charge in [-0.1, -0.05) is 82.3 Å². The highest BCUT2D eigenvalue weighted by Crippen LogP contribution is 2.30. The molecule has 1 aliphatic carbocycles. The van der Waals surface area contributed by atoms with Gasteiger partial charge in [0.05, 0.1) is 24.7 Å². The van der Waals surface area contributed by atoms with Crippen LogP contribution in [0, 0.1) is 29.1 Å². The number of hydrogen-bond donors (Lipinski definition) is 16. The van der Waals surface area contributed by atoms with E-state index in [1.54, 1.807) is 82.3 Å². The zero-order valence-corrected chi connectivity index (χ0v) is 54.6. The fraction of sp³-hybridized carbons (Fsp3) is 0.500. The number of aromatic hydroxyl groups is 1. The van der Waals surface area contributed by atoms with Gasteiger partial charge < -0.3 is 90.1 Å². The van der Waals surface area contributed by atoms with Crippen LogP contribution in [0.2, 0.25) is 0 Å². The number of nitrogens with zero attached hydrogens (tertiary/aromatic N) is 2. The third kappa shape index (κ3) is 25.4. The van der Waals surface area contributed by atoms with Crippen LogP contribution < -0.4 is 64.9 Å². The lowest BCUT2D eigenvalue weighted by Crippen LogP contribution is -2.62. The van der Waals surface area contributed by atoms with E-state index in [2.05, 4.69) is 47.2 Å². The quantitative estimate of drug-likeness (QED) is 0.00982. The van der Waals surface area contributed by atoms with Gasteiger partial charge in [0.2, 0.25) is 47.3 Å². The summed E-state index contributed by atoms with van der Waals surface area (Å²) in [4.78, 5) is 153. The number of amides is 8. The Hall–Kier alpha value is -9.97. The number of nitrogens with two attached hydrogens (primary N) is 4. The molecule has 2 heterocycles. The molecule has 1 aliphatic heterocycles.